The van der Waals surface area contributed by atoms with Crippen molar-refractivity contribution >= 4 is 5.91 Å². The van der Waals surface area contributed by atoms with Crippen LogP contribution in [0.2, 0.25) is 0 Å². The van der Waals surface area contributed by atoms with Crippen molar-refractivity contribution in [1.29, 1.82) is 0 Å². The van der Waals surface area contributed by atoms with E-state index in [0.29, 0.717) is 30.1 Å². The van der Waals surface area contributed by atoms with Crippen molar-refractivity contribution in [3.63, 3.8) is 0 Å². The largest absolute Gasteiger partial charge is 0.439 e. The number of nitrogens with one attached hydrogen (secondary N) is 2. The van der Waals surface area contributed by atoms with Gasteiger partial charge in [0.2, 0.25) is 5.91 Å². The van der Waals surface area contributed by atoms with Crippen LogP contribution in [-0.4, -0.2) is 31.1 Å². The molecule has 2 aromatic carbocycles. The summed E-state index contributed by atoms with van der Waals surface area (Å²) < 4.78 is 6.16. The standard InChI is InChI=1S/C30H35N5O4/c1-6-7-12-25-24(28(37)35(19(2)31-25)18-26(36)33-30(3,4)5)17-20-13-15-21(16-14-20)22-10-8-9-11-23(22)27-32-29(38)39-34-27/h8-11,13-16H,6-7,12,17-18H2,1-5H3,(H,33,36)(H,32,34,38). The van der Waals surface area contributed by atoms with Crippen molar-refractivity contribution in [2.75, 3.05) is 0 Å². The lowest BCUT2D eigenvalue weighted by molar-refractivity contribution is -0.123. The van der Waals surface area contributed by atoms with Crippen LogP contribution in [-0.2, 0) is 24.2 Å². The van der Waals surface area contributed by atoms with Gasteiger partial charge in [0, 0.05) is 23.1 Å². The number of rotatable bonds is 9. The van der Waals surface area contributed by atoms with E-state index in [2.05, 4.69) is 26.9 Å². The Morgan fingerprint density at radius 1 is 1.05 bits per heavy atom. The molecule has 0 aliphatic carbocycles. The summed E-state index contributed by atoms with van der Waals surface area (Å²) in [5.74, 6) is 0.0688. The molecular formula is C30H35N5O4. The summed E-state index contributed by atoms with van der Waals surface area (Å²) in [5.41, 5.74) is 4.36. The van der Waals surface area contributed by atoms with Gasteiger partial charge in [0.1, 0.15) is 12.4 Å². The van der Waals surface area contributed by atoms with E-state index in [0.717, 1.165) is 40.8 Å². The second kappa shape index (κ2) is 11.6. The first kappa shape index (κ1) is 27.8. The second-order valence-electron chi connectivity index (χ2n) is 10.7. The van der Waals surface area contributed by atoms with Crippen LogP contribution in [0, 0.1) is 6.92 Å². The number of aromatic amines is 1. The SMILES string of the molecule is CCCCc1nc(C)n(CC(=O)NC(C)(C)C)c(=O)c1Cc1ccc(-c2ccccc2-c2noc(=O)[nH]2)cc1. The van der Waals surface area contributed by atoms with Gasteiger partial charge in [-0.2, -0.15) is 0 Å². The number of H-pyrrole nitrogens is 1. The molecule has 0 bridgehead atoms. The highest BCUT2D eigenvalue weighted by atomic mass is 16.5. The molecule has 204 valence electrons. The van der Waals surface area contributed by atoms with E-state index in [-0.39, 0.29) is 18.0 Å². The average molecular weight is 530 g/mol. The first-order chi connectivity index (χ1) is 18.6. The zero-order valence-corrected chi connectivity index (χ0v) is 23.1. The molecule has 2 N–H and O–H groups in total. The molecular weight excluding hydrogens is 494 g/mol. The number of carbonyl (C=O) groups is 1. The van der Waals surface area contributed by atoms with Crippen LogP contribution in [0.15, 0.2) is 62.6 Å². The van der Waals surface area contributed by atoms with Crippen LogP contribution in [0.4, 0.5) is 0 Å². The van der Waals surface area contributed by atoms with E-state index in [4.69, 9.17) is 4.98 Å². The van der Waals surface area contributed by atoms with Crippen LogP contribution in [0.5, 0.6) is 0 Å². The van der Waals surface area contributed by atoms with Gasteiger partial charge < -0.3 is 5.32 Å². The van der Waals surface area contributed by atoms with E-state index in [1.807, 2.05) is 69.3 Å². The Balaban J connectivity index is 1.66. The number of aromatic nitrogens is 4. The summed E-state index contributed by atoms with van der Waals surface area (Å²) in [6, 6.07) is 15.5. The number of amides is 1. The summed E-state index contributed by atoms with van der Waals surface area (Å²) in [6.07, 6.45) is 3.03. The number of hydrogen-bond acceptors (Lipinski definition) is 6. The first-order valence-corrected chi connectivity index (χ1v) is 13.2. The lowest BCUT2D eigenvalue weighted by atomic mass is 9.96. The maximum Gasteiger partial charge on any atom is 0.439 e. The van der Waals surface area contributed by atoms with E-state index in [1.54, 1.807) is 6.92 Å². The van der Waals surface area contributed by atoms with Crippen LogP contribution >= 0.6 is 0 Å². The lowest BCUT2D eigenvalue weighted by Gasteiger charge is -2.22. The molecule has 9 nitrogen and oxygen atoms in total. The van der Waals surface area contributed by atoms with Gasteiger partial charge in [0.05, 0.1) is 5.69 Å². The molecule has 39 heavy (non-hydrogen) atoms. The zero-order valence-electron chi connectivity index (χ0n) is 23.1. The third kappa shape index (κ3) is 6.79. The summed E-state index contributed by atoms with van der Waals surface area (Å²) in [5, 5.41) is 6.75. The summed E-state index contributed by atoms with van der Waals surface area (Å²) in [4.78, 5) is 45.2. The Labute approximate surface area is 227 Å². The summed E-state index contributed by atoms with van der Waals surface area (Å²) in [6.45, 7) is 9.53. The number of aryl methyl sites for hydroxylation is 2. The highest BCUT2D eigenvalue weighted by Crippen LogP contribution is 2.30. The third-order valence-corrected chi connectivity index (χ3v) is 6.39. The molecule has 2 aromatic heterocycles. The lowest BCUT2D eigenvalue weighted by Crippen LogP contribution is -2.44. The Morgan fingerprint density at radius 2 is 1.74 bits per heavy atom. The zero-order chi connectivity index (χ0) is 28.2. The predicted octanol–water partition coefficient (Wildman–Crippen LogP) is 4.41. The van der Waals surface area contributed by atoms with Gasteiger partial charge in [0.25, 0.3) is 5.56 Å². The van der Waals surface area contributed by atoms with Gasteiger partial charge >= 0.3 is 5.76 Å². The van der Waals surface area contributed by atoms with Crippen molar-refractivity contribution in [3.8, 4) is 22.5 Å². The summed E-state index contributed by atoms with van der Waals surface area (Å²) in [7, 11) is 0. The van der Waals surface area contributed by atoms with Gasteiger partial charge in [-0.25, -0.2) is 9.78 Å². The van der Waals surface area contributed by atoms with Crippen LogP contribution < -0.4 is 16.6 Å². The Kier molecular flexibility index (Phi) is 8.28. The molecule has 0 unspecified atom stereocenters. The predicted molar refractivity (Wildman–Crippen MR) is 151 cm³/mol. The van der Waals surface area contributed by atoms with E-state index in [1.165, 1.54) is 4.57 Å². The number of nitrogens with zero attached hydrogens (tertiary/aromatic N) is 3. The molecule has 4 rings (SSSR count). The number of carbonyl (C=O) groups excluding carboxylic acids is 1. The van der Waals surface area contributed by atoms with Crippen molar-refractivity contribution in [1.82, 2.24) is 25.0 Å². The minimum Gasteiger partial charge on any atom is -0.350 e. The molecule has 0 saturated carbocycles. The highest BCUT2D eigenvalue weighted by molar-refractivity contribution is 5.80. The van der Waals surface area contributed by atoms with Crippen molar-refractivity contribution in [3.05, 3.63) is 92.1 Å². The minimum absolute atomic E-state index is 0.0736. The van der Waals surface area contributed by atoms with Gasteiger partial charge in [-0.1, -0.05) is 67.0 Å². The van der Waals surface area contributed by atoms with Crippen molar-refractivity contribution < 1.29 is 9.32 Å². The van der Waals surface area contributed by atoms with Crippen LogP contribution in [0.25, 0.3) is 22.5 Å². The molecule has 0 saturated heterocycles. The molecule has 0 aliphatic heterocycles. The highest BCUT2D eigenvalue weighted by Gasteiger charge is 2.20. The average Bonchev–Trinajstić information content (AvgIpc) is 3.32. The molecule has 0 radical (unpaired) electrons. The minimum atomic E-state index is -0.609. The Morgan fingerprint density at radius 3 is 2.36 bits per heavy atom. The summed E-state index contributed by atoms with van der Waals surface area (Å²) >= 11 is 0. The quantitative estimate of drug-likeness (QED) is 0.331. The topological polar surface area (TPSA) is 123 Å². The normalized spacial score (nSPS) is 11.5. The van der Waals surface area contributed by atoms with E-state index >= 15 is 0 Å². The monoisotopic (exact) mass is 529 g/mol. The molecule has 0 spiro atoms. The van der Waals surface area contributed by atoms with E-state index < -0.39 is 11.3 Å². The number of benzene rings is 2. The van der Waals surface area contributed by atoms with Crippen molar-refractivity contribution in [2.24, 2.45) is 0 Å². The maximum atomic E-state index is 13.7. The molecule has 4 aromatic rings. The van der Waals surface area contributed by atoms with Gasteiger partial charge in [-0.15, -0.1) is 0 Å². The van der Waals surface area contributed by atoms with E-state index in [9.17, 15) is 14.4 Å². The van der Waals surface area contributed by atoms with Gasteiger partial charge in [0.15, 0.2) is 5.82 Å². The molecule has 0 atom stereocenters. The molecule has 1 amide bonds. The van der Waals surface area contributed by atoms with Crippen LogP contribution in [0.3, 0.4) is 0 Å². The third-order valence-electron chi connectivity index (χ3n) is 6.39. The first-order valence-electron chi connectivity index (χ1n) is 13.2. The van der Waals surface area contributed by atoms with Crippen molar-refractivity contribution in [2.45, 2.75) is 72.4 Å². The molecule has 2 heterocycles. The molecule has 9 heteroatoms. The Bertz CT molecular complexity index is 1570. The smallest absolute Gasteiger partial charge is 0.350 e. The van der Waals surface area contributed by atoms with Gasteiger partial charge in [-0.3, -0.25) is 23.7 Å². The van der Waals surface area contributed by atoms with Crippen LogP contribution in [0.1, 0.15) is 63.2 Å². The number of hydrogen-bond donors (Lipinski definition) is 2. The fourth-order valence-corrected chi connectivity index (χ4v) is 4.57. The second-order valence-corrected chi connectivity index (χ2v) is 10.7. The maximum absolute atomic E-state index is 13.7. The molecule has 0 aliphatic rings. The van der Waals surface area contributed by atoms with Gasteiger partial charge in [-0.05, 0) is 57.2 Å². The Hall–Kier alpha value is -4.27. The fraction of sp³-hybridized carbons (Fsp3) is 0.367. The molecule has 0 fully saturated rings. The fourth-order valence-electron chi connectivity index (χ4n) is 4.57. The number of unbranched alkanes of at least 4 members (excludes halogenated alkanes) is 1.